The first-order valence-corrected chi connectivity index (χ1v) is 16.8. The average molecular weight is 746 g/mol. The van der Waals surface area contributed by atoms with E-state index >= 15 is 0 Å². The molecule has 2 aliphatic rings. The fourth-order valence-electron chi connectivity index (χ4n) is 5.41. The van der Waals surface area contributed by atoms with Gasteiger partial charge in [0.1, 0.15) is 16.6 Å². The summed E-state index contributed by atoms with van der Waals surface area (Å²) in [5.74, 6) is -0.947. The number of halogens is 1. The van der Waals surface area contributed by atoms with Crippen molar-refractivity contribution in [3.05, 3.63) is 74.4 Å². The zero-order chi connectivity index (χ0) is 34.9. The number of rotatable bonds is 10. The number of nitrogens with zero attached hydrogens (tertiary/aromatic N) is 1. The highest BCUT2D eigenvalue weighted by molar-refractivity contribution is 9.10. The Morgan fingerprint density at radius 2 is 1.77 bits per heavy atom. The van der Waals surface area contributed by atoms with E-state index in [1.807, 2.05) is 6.92 Å². The zero-order valence-electron chi connectivity index (χ0n) is 27.0. The minimum absolute atomic E-state index is 0.0640. The summed E-state index contributed by atoms with van der Waals surface area (Å²) in [6, 6.07) is 7.94. The lowest BCUT2D eigenvalue weighted by Gasteiger charge is -2.34. The van der Waals surface area contributed by atoms with Crippen molar-refractivity contribution in [1.82, 2.24) is 10.2 Å². The largest absolute Gasteiger partial charge is 0.493 e. The molecule has 48 heavy (non-hydrogen) atoms. The molecule has 15 heteroatoms. The fourth-order valence-corrected chi connectivity index (χ4v) is 6.87. The van der Waals surface area contributed by atoms with Gasteiger partial charge in [-0.2, -0.15) is 8.42 Å². The van der Waals surface area contributed by atoms with Crippen molar-refractivity contribution in [3.8, 4) is 28.7 Å². The molecule has 1 atom stereocenters. The Labute approximate surface area is 285 Å². The molecule has 3 aromatic rings. The lowest BCUT2D eigenvalue weighted by Crippen LogP contribution is -2.59. The van der Waals surface area contributed by atoms with Crippen LogP contribution in [0.5, 0.6) is 28.7 Å². The number of carbonyl (C=O) groups excluding carboxylic acids is 3. The topological polar surface area (TPSA) is 156 Å². The number of ether oxygens (including phenoxy) is 5. The number of benzene rings is 3. The van der Waals surface area contributed by atoms with Crippen molar-refractivity contribution in [2.24, 2.45) is 0 Å². The Bertz CT molecular complexity index is 1940. The predicted octanol–water partition coefficient (Wildman–Crippen LogP) is 4.32. The second kappa shape index (κ2) is 13.9. The number of carbonyl (C=O) groups is 3. The summed E-state index contributed by atoms with van der Waals surface area (Å²) >= 11 is 3.55. The van der Waals surface area contributed by atoms with Gasteiger partial charge >= 0.3 is 10.1 Å². The van der Waals surface area contributed by atoms with Crippen LogP contribution < -0.4 is 28.4 Å². The molecular formula is C33H33BrN2O11S. The van der Waals surface area contributed by atoms with Crippen LogP contribution in [0.2, 0.25) is 0 Å². The zero-order valence-corrected chi connectivity index (χ0v) is 29.4. The number of imide groups is 1. The normalized spacial score (nSPS) is 16.6. The molecule has 2 aliphatic heterocycles. The summed E-state index contributed by atoms with van der Waals surface area (Å²) in [4.78, 5) is 41.2. The smallest absolute Gasteiger partial charge is 0.339 e. The highest BCUT2D eigenvalue weighted by atomic mass is 79.9. The number of amides is 3. The lowest BCUT2D eigenvalue weighted by atomic mass is 9.98. The first-order chi connectivity index (χ1) is 22.8. The van der Waals surface area contributed by atoms with E-state index in [4.69, 9.17) is 27.9 Å². The van der Waals surface area contributed by atoms with E-state index in [0.717, 1.165) is 10.5 Å². The number of aryl methyl sites for hydroxylation is 1. The molecule has 1 saturated heterocycles. The fraction of sp³-hybridized carbons (Fsp3) is 0.303. The van der Waals surface area contributed by atoms with E-state index in [1.165, 1.54) is 45.4 Å². The van der Waals surface area contributed by atoms with Crippen molar-refractivity contribution in [3.63, 3.8) is 0 Å². The molecule has 3 aromatic carbocycles. The molecule has 0 saturated carbocycles. The van der Waals surface area contributed by atoms with Gasteiger partial charge in [-0.15, -0.1) is 0 Å². The van der Waals surface area contributed by atoms with E-state index < -0.39 is 33.9 Å². The van der Waals surface area contributed by atoms with Crippen molar-refractivity contribution < 1.29 is 50.7 Å². The van der Waals surface area contributed by atoms with Crippen LogP contribution in [0.4, 0.5) is 0 Å². The van der Waals surface area contributed by atoms with Crippen LogP contribution in [0.25, 0.3) is 6.08 Å². The van der Waals surface area contributed by atoms with E-state index in [-0.39, 0.29) is 59.0 Å². The van der Waals surface area contributed by atoms with Crippen LogP contribution in [0.15, 0.2) is 51.5 Å². The first kappa shape index (κ1) is 34.7. The van der Waals surface area contributed by atoms with Gasteiger partial charge in [-0.25, -0.2) is 0 Å². The quantitative estimate of drug-likeness (QED) is 0.179. The Kier molecular flexibility index (Phi) is 10.0. The van der Waals surface area contributed by atoms with Crippen molar-refractivity contribution in [1.29, 1.82) is 0 Å². The van der Waals surface area contributed by atoms with E-state index in [2.05, 4.69) is 21.2 Å². The van der Waals surface area contributed by atoms with Gasteiger partial charge in [0.2, 0.25) is 18.6 Å². The number of fused-ring (bicyclic) bond motifs is 1. The van der Waals surface area contributed by atoms with Gasteiger partial charge in [-0.1, -0.05) is 33.6 Å². The maximum Gasteiger partial charge on any atom is 0.339 e. The minimum atomic E-state index is -4.34. The van der Waals surface area contributed by atoms with Gasteiger partial charge < -0.3 is 33.2 Å². The molecule has 254 valence electrons. The van der Waals surface area contributed by atoms with Gasteiger partial charge in [0.15, 0.2) is 35.5 Å². The predicted molar refractivity (Wildman–Crippen MR) is 175 cm³/mol. The molecule has 2 heterocycles. The van der Waals surface area contributed by atoms with Crippen LogP contribution in [-0.4, -0.2) is 64.9 Å². The molecule has 13 nitrogen and oxygen atoms in total. The van der Waals surface area contributed by atoms with Crippen molar-refractivity contribution in [2.45, 2.75) is 45.1 Å². The van der Waals surface area contributed by atoms with Crippen LogP contribution in [0, 0.1) is 20.8 Å². The molecule has 0 bridgehead atoms. The Morgan fingerprint density at radius 1 is 1.06 bits per heavy atom. The summed E-state index contributed by atoms with van der Waals surface area (Å²) in [5.41, 5.74) is 2.18. The summed E-state index contributed by atoms with van der Waals surface area (Å²) in [5, 5.41) is 2.60. The highest BCUT2D eigenvalue weighted by Gasteiger charge is 2.41. The summed E-state index contributed by atoms with van der Waals surface area (Å²) in [6.45, 7) is 6.18. The van der Waals surface area contributed by atoms with E-state index in [0.29, 0.717) is 27.1 Å². The molecule has 1 N–H and O–H groups in total. The summed E-state index contributed by atoms with van der Waals surface area (Å²) in [6.07, 6.45) is 1.18. The first-order valence-electron chi connectivity index (χ1n) is 14.6. The van der Waals surface area contributed by atoms with Crippen LogP contribution >= 0.6 is 15.9 Å². The minimum Gasteiger partial charge on any atom is -0.493 e. The molecule has 0 aliphatic carbocycles. The SMILES string of the molecule is COCOc1cc(CC2C(=O)N/C(=C\c3cc4c(c(C)c3OS(=O)(=O)c3ccc(C)cc3)OCO4)C(=O)N2C(C)=O)c(Br)c(C)c1OC. The lowest BCUT2D eigenvalue weighted by molar-refractivity contribution is -0.152. The molecule has 1 unspecified atom stereocenters. The van der Waals surface area contributed by atoms with Crippen LogP contribution in [0.1, 0.15) is 34.7 Å². The summed E-state index contributed by atoms with van der Waals surface area (Å²) in [7, 11) is -1.38. The molecule has 1 fully saturated rings. The third kappa shape index (κ3) is 6.70. The number of piperazine rings is 1. The van der Waals surface area contributed by atoms with E-state index in [1.54, 1.807) is 32.0 Å². The second-order valence-corrected chi connectivity index (χ2v) is 13.4. The van der Waals surface area contributed by atoms with Crippen molar-refractivity contribution >= 4 is 49.8 Å². The number of nitrogens with one attached hydrogen (secondary N) is 1. The van der Waals surface area contributed by atoms with Gasteiger partial charge in [0, 0.05) is 41.6 Å². The Morgan fingerprint density at radius 3 is 2.42 bits per heavy atom. The maximum atomic E-state index is 13.9. The van der Waals surface area contributed by atoms with Gasteiger partial charge in [0.05, 0.1) is 7.11 Å². The second-order valence-electron chi connectivity index (χ2n) is 11.0. The third-order valence-electron chi connectivity index (χ3n) is 7.77. The Balaban J connectivity index is 1.53. The standard InChI is InChI=1S/C33H33BrN2O11S/c1-17-7-9-23(10-8-17)48(40,41)47-29-19(3)31-27(45-16-46-31)14-22(29)11-24-33(39)36(20(4)37)25(32(38)35-24)12-21-13-26(44-15-42-5)30(43-6)18(2)28(21)34/h7-11,13-14,25H,12,15-16H2,1-6H3,(H,35,38)/b24-11-. The monoisotopic (exact) mass is 744 g/mol. The van der Waals surface area contributed by atoms with Crippen molar-refractivity contribution in [2.75, 3.05) is 27.8 Å². The van der Waals surface area contributed by atoms with Crippen LogP contribution in [0.3, 0.4) is 0 Å². The van der Waals surface area contributed by atoms with Gasteiger partial charge in [-0.3, -0.25) is 19.3 Å². The van der Waals surface area contributed by atoms with Crippen LogP contribution in [-0.2, 0) is 35.7 Å². The molecule has 0 aromatic heterocycles. The molecule has 0 radical (unpaired) electrons. The molecule has 5 rings (SSSR count). The molecular weight excluding hydrogens is 712 g/mol. The molecule has 0 spiro atoms. The summed E-state index contributed by atoms with van der Waals surface area (Å²) < 4.78 is 60.1. The number of methoxy groups -OCH3 is 2. The highest BCUT2D eigenvalue weighted by Crippen LogP contribution is 2.45. The molecule has 3 amide bonds. The van der Waals surface area contributed by atoms with Gasteiger partial charge in [-0.05, 0) is 56.7 Å². The average Bonchev–Trinajstić information content (AvgIpc) is 3.51. The number of hydrogen-bond acceptors (Lipinski definition) is 11. The van der Waals surface area contributed by atoms with Gasteiger partial charge in [0.25, 0.3) is 5.91 Å². The third-order valence-corrected chi connectivity index (χ3v) is 10.1. The number of hydrogen-bond donors (Lipinski definition) is 1. The Hall–Kier alpha value is -4.60. The van der Waals surface area contributed by atoms with E-state index in [9.17, 15) is 22.8 Å². The maximum absolute atomic E-state index is 13.9.